The molecule has 0 spiro atoms. The van der Waals surface area contributed by atoms with Gasteiger partial charge in [-0.2, -0.15) is 5.10 Å². The maximum Gasteiger partial charge on any atom is 0.214 e. The number of hydrogen-bond donors (Lipinski definition) is 0. The topological polar surface area (TPSA) is 52.5 Å². The Morgan fingerprint density at radius 2 is 1.85 bits per heavy atom. The molecule has 0 aliphatic carbocycles. The van der Waals surface area contributed by atoms with Gasteiger partial charge in [-0.25, -0.2) is 5.01 Å². The second-order valence-corrected chi connectivity index (χ2v) is 8.45. The fourth-order valence-corrected chi connectivity index (χ4v) is 4.51. The van der Waals surface area contributed by atoms with Crippen molar-refractivity contribution in [2.45, 2.75) is 18.7 Å². The Labute approximate surface area is 204 Å². The van der Waals surface area contributed by atoms with Gasteiger partial charge in [-0.3, -0.25) is 0 Å². The summed E-state index contributed by atoms with van der Waals surface area (Å²) in [6.07, 6.45) is 1.96. The smallest absolute Gasteiger partial charge is 0.214 e. The number of ether oxygens (including phenoxy) is 4. The van der Waals surface area contributed by atoms with Crippen molar-refractivity contribution in [1.29, 1.82) is 0 Å². The molecule has 6 nitrogen and oxygen atoms in total. The lowest BCUT2D eigenvalue weighted by atomic mass is 9.95. The SMILES string of the molecule is C=CCOc1ccc([C@H]2Oc3c(OC)cccc3[C@@H]3CC(c4ccc(Cl)cc4)=NN23)cc1OC. The first-order chi connectivity index (χ1) is 16.6. The number of halogens is 1. The van der Waals surface area contributed by atoms with Gasteiger partial charge in [-0.05, 0) is 42.0 Å². The molecule has 0 saturated heterocycles. The first-order valence-corrected chi connectivity index (χ1v) is 11.4. The molecular formula is C27H25ClN2O4. The summed E-state index contributed by atoms with van der Waals surface area (Å²) in [6, 6.07) is 19.5. The second kappa shape index (κ2) is 9.31. The number of hydrogen-bond acceptors (Lipinski definition) is 6. The minimum atomic E-state index is -0.471. The monoisotopic (exact) mass is 476 g/mol. The Morgan fingerprint density at radius 3 is 2.59 bits per heavy atom. The van der Waals surface area contributed by atoms with Crippen LogP contribution < -0.4 is 18.9 Å². The molecule has 0 amide bonds. The predicted molar refractivity (Wildman–Crippen MR) is 132 cm³/mol. The van der Waals surface area contributed by atoms with Gasteiger partial charge in [0.05, 0.1) is 26.0 Å². The van der Waals surface area contributed by atoms with Crippen LogP contribution in [-0.4, -0.2) is 31.5 Å². The Kier molecular flexibility index (Phi) is 6.07. The summed E-state index contributed by atoms with van der Waals surface area (Å²) in [5.41, 5.74) is 3.95. The molecule has 5 rings (SSSR count). The van der Waals surface area contributed by atoms with Gasteiger partial charge in [-0.15, -0.1) is 0 Å². The zero-order valence-electron chi connectivity index (χ0n) is 19.0. The normalized spacial score (nSPS) is 18.3. The molecule has 0 N–H and O–H groups in total. The van der Waals surface area contributed by atoms with E-state index in [1.165, 1.54) is 0 Å². The van der Waals surface area contributed by atoms with E-state index >= 15 is 0 Å². The van der Waals surface area contributed by atoms with Crippen molar-refractivity contribution >= 4 is 17.3 Å². The molecule has 174 valence electrons. The van der Waals surface area contributed by atoms with Gasteiger partial charge < -0.3 is 18.9 Å². The fraction of sp³-hybridized carbons (Fsp3) is 0.222. The van der Waals surface area contributed by atoms with Crippen LogP contribution in [0.5, 0.6) is 23.0 Å². The van der Waals surface area contributed by atoms with Gasteiger partial charge in [0, 0.05) is 22.6 Å². The van der Waals surface area contributed by atoms with Crippen molar-refractivity contribution < 1.29 is 18.9 Å². The lowest BCUT2D eigenvalue weighted by Gasteiger charge is -2.38. The van der Waals surface area contributed by atoms with E-state index in [0.717, 1.165) is 34.6 Å². The van der Waals surface area contributed by atoms with Crippen LogP contribution >= 0.6 is 11.6 Å². The van der Waals surface area contributed by atoms with Gasteiger partial charge in [0.1, 0.15) is 6.61 Å². The minimum absolute atomic E-state index is 0.00258. The highest BCUT2D eigenvalue weighted by molar-refractivity contribution is 6.30. The molecule has 0 aromatic heterocycles. The third-order valence-corrected chi connectivity index (χ3v) is 6.26. The van der Waals surface area contributed by atoms with Crippen molar-refractivity contribution in [2.75, 3.05) is 20.8 Å². The number of methoxy groups -OCH3 is 2. The molecule has 0 unspecified atom stereocenters. The lowest BCUT2D eigenvalue weighted by Crippen LogP contribution is -2.33. The summed E-state index contributed by atoms with van der Waals surface area (Å²) >= 11 is 6.11. The van der Waals surface area contributed by atoms with Crippen LogP contribution in [0.15, 0.2) is 78.4 Å². The number of fused-ring (bicyclic) bond motifs is 3. The molecule has 3 aromatic rings. The largest absolute Gasteiger partial charge is 0.493 e. The highest BCUT2D eigenvalue weighted by atomic mass is 35.5. The van der Waals surface area contributed by atoms with E-state index in [1.807, 2.05) is 59.6 Å². The van der Waals surface area contributed by atoms with E-state index in [1.54, 1.807) is 20.3 Å². The summed E-state index contributed by atoms with van der Waals surface area (Å²) in [5.74, 6) is 2.68. The van der Waals surface area contributed by atoms with Crippen molar-refractivity contribution in [3.05, 3.63) is 95.0 Å². The zero-order valence-corrected chi connectivity index (χ0v) is 19.8. The number of rotatable bonds is 7. The third-order valence-electron chi connectivity index (χ3n) is 6.01. The van der Waals surface area contributed by atoms with Crippen LogP contribution in [0.2, 0.25) is 5.02 Å². The maximum atomic E-state index is 6.54. The summed E-state index contributed by atoms with van der Waals surface area (Å²) in [7, 11) is 3.27. The summed E-state index contributed by atoms with van der Waals surface area (Å²) in [4.78, 5) is 0. The first kappa shape index (κ1) is 22.2. The van der Waals surface area contributed by atoms with Crippen molar-refractivity contribution in [2.24, 2.45) is 5.10 Å². The molecule has 0 radical (unpaired) electrons. The van der Waals surface area contributed by atoms with E-state index in [0.29, 0.717) is 28.9 Å². The quantitative estimate of drug-likeness (QED) is 0.382. The summed E-state index contributed by atoms with van der Waals surface area (Å²) in [6.45, 7) is 4.10. The maximum absolute atomic E-state index is 6.54. The molecule has 2 aliphatic rings. The van der Waals surface area contributed by atoms with Crippen molar-refractivity contribution in [1.82, 2.24) is 5.01 Å². The molecule has 3 aromatic carbocycles. The molecule has 2 atom stereocenters. The molecule has 7 heteroatoms. The lowest BCUT2D eigenvalue weighted by molar-refractivity contribution is -0.0210. The second-order valence-electron chi connectivity index (χ2n) is 8.01. The Bertz CT molecular complexity index is 1240. The molecule has 2 aliphatic heterocycles. The standard InChI is InChI=1S/C27H25ClN2O4/c1-4-14-33-23-13-10-18(15-25(23)32-3)27-30-22(20-6-5-7-24(31-2)26(20)34-27)16-21(29-30)17-8-11-19(28)12-9-17/h4-13,15,22,27H,1,14,16H2,2-3H3/t22-,27+/m0/s1. The minimum Gasteiger partial charge on any atom is -0.493 e. The highest BCUT2D eigenvalue weighted by Crippen LogP contribution is 2.51. The van der Waals surface area contributed by atoms with Gasteiger partial charge in [-0.1, -0.05) is 48.5 Å². The number of para-hydroxylation sites is 1. The Morgan fingerprint density at radius 1 is 1.06 bits per heavy atom. The average molecular weight is 477 g/mol. The number of benzene rings is 3. The van der Waals surface area contributed by atoms with Crippen LogP contribution in [0.3, 0.4) is 0 Å². The van der Waals surface area contributed by atoms with Crippen LogP contribution in [-0.2, 0) is 0 Å². The molecule has 0 saturated carbocycles. The van der Waals surface area contributed by atoms with Crippen LogP contribution in [0.4, 0.5) is 0 Å². The van der Waals surface area contributed by atoms with E-state index in [9.17, 15) is 0 Å². The third kappa shape index (κ3) is 3.94. The zero-order chi connectivity index (χ0) is 23.7. The predicted octanol–water partition coefficient (Wildman–Crippen LogP) is 6.16. The molecule has 34 heavy (non-hydrogen) atoms. The van der Waals surface area contributed by atoms with Crippen molar-refractivity contribution in [3.8, 4) is 23.0 Å². The molecule has 2 heterocycles. The van der Waals surface area contributed by atoms with Crippen molar-refractivity contribution in [3.63, 3.8) is 0 Å². The van der Waals surface area contributed by atoms with Gasteiger partial charge in [0.2, 0.25) is 6.23 Å². The van der Waals surface area contributed by atoms with E-state index < -0.39 is 6.23 Å². The fourth-order valence-electron chi connectivity index (χ4n) is 4.39. The van der Waals surface area contributed by atoms with Gasteiger partial charge >= 0.3 is 0 Å². The van der Waals surface area contributed by atoms with E-state index in [4.69, 9.17) is 35.6 Å². The molecular weight excluding hydrogens is 452 g/mol. The van der Waals surface area contributed by atoms with E-state index in [2.05, 4.69) is 12.6 Å². The Balaban J connectivity index is 1.58. The van der Waals surface area contributed by atoms with Gasteiger partial charge in [0.25, 0.3) is 0 Å². The number of nitrogens with zero attached hydrogens (tertiary/aromatic N) is 2. The summed E-state index contributed by atoms with van der Waals surface area (Å²) < 4.78 is 23.5. The molecule has 0 fully saturated rings. The Hall–Kier alpha value is -3.64. The van der Waals surface area contributed by atoms with Gasteiger partial charge in [0.15, 0.2) is 23.0 Å². The van der Waals surface area contributed by atoms with Crippen LogP contribution in [0, 0.1) is 0 Å². The van der Waals surface area contributed by atoms with E-state index in [-0.39, 0.29) is 6.04 Å². The average Bonchev–Trinajstić information content (AvgIpc) is 3.32. The number of hydrazone groups is 1. The van der Waals surface area contributed by atoms with Crippen LogP contribution in [0.25, 0.3) is 0 Å². The molecule has 0 bridgehead atoms. The first-order valence-electron chi connectivity index (χ1n) is 11.0. The summed E-state index contributed by atoms with van der Waals surface area (Å²) in [5, 5.41) is 7.72. The highest BCUT2D eigenvalue weighted by Gasteiger charge is 2.42. The van der Waals surface area contributed by atoms with Crippen LogP contribution in [0.1, 0.15) is 35.4 Å².